The van der Waals surface area contributed by atoms with Crippen molar-refractivity contribution >= 4 is 28.2 Å². The molecular formula is C17H23ClN2. The van der Waals surface area contributed by atoms with Crippen LogP contribution in [0.2, 0.25) is 5.02 Å². The van der Waals surface area contributed by atoms with E-state index in [-0.39, 0.29) is 0 Å². The first-order valence-electron chi connectivity index (χ1n) is 7.37. The molecule has 1 aromatic carbocycles. The second-order valence-corrected chi connectivity index (χ2v) is 6.33. The van der Waals surface area contributed by atoms with E-state index in [0.29, 0.717) is 6.04 Å². The maximum absolute atomic E-state index is 6.01. The summed E-state index contributed by atoms with van der Waals surface area (Å²) in [5.74, 6) is 0.783. The zero-order valence-electron chi connectivity index (χ0n) is 12.5. The molecule has 1 aromatic heterocycles. The van der Waals surface area contributed by atoms with Crippen molar-refractivity contribution in [2.24, 2.45) is 5.92 Å². The molecule has 2 rings (SSSR count). The van der Waals surface area contributed by atoms with E-state index in [1.807, 2.05) is 30.5 Å². The van der Waals surface area contributed by atoms with E-state index in [9.17, 15) is 0 Å². The van der Waals surface area contributed by atoms with Crippen LogP contribution in [-0.4, -0.2) is 11.0 Å². The molecule has 1 heterocycles. The van der Waals surface area contributed by atoms with Gasteiger partial charge in [-0.2, -0.15) is 0 Å². The quantitative estimate of drug-likeness (QED) is 0.758. The molecule has 2 nitrogen and oxygen atoms in total. The van der Waals surface area contributed by atoms with Crippen LogP contribution in [0.15, 0.2) is 30.5 Å². The number of aromatic nitrogens is 1. The zero-order chi connectivity index (χ0) is 14.5. The molecule has 1 atom stereocenters. The molecule has 0 amide bonds. The monoisotopic (exact) mass is 290 g/mol. The highest BCUT2D eigenvalue weighted by atomic mass is 35.5. The van der Waals surface area contributed by atoms with Crippen LogP contribution >= 0.6 is 11.6 Å². The number of hydrogen-bond donors (Lipinski definition) is 1. The van der Waals surface area contributed by atoms with Crippen molar-refractivity contribution < 1.29 is 0 Å². The predicted octanol–water partition coefficient (Wildman–Crippen LogP) is 5.51. The molecule has 0 saturated carbocycles. The molecule has 2 aromatic rings. The number of nitrogens with zero attached hydrogens (tertiary/aromatic N) is 1. The summed E-state index contributed by atoms with van der Waals surface area (Å²) in [4.78, 5) is 4.37. The Hall–Kier alpha value is -1.28. The molecule has 0 bridgehead atoms. The van der Waals surface area contributed by atoms with Crippen molar-refractivity contribution in [2.75, 3.05) is 5.32 Å². The Morgan fingerprint density at radius 1 is 1.15 bits per heavy atom. The smallest absolute Gasteiger partial charge is 0.0737 e. The van der Waals surface area contributed by atoms with Gasteiger partial charge in [-0.05, 0) is 43.5 Å². The van der Waals surface area contributed by atoms with Crippen LogP contribution in [-0.2, 0) is 0 Å². The lowest BCUT2D eigenvalue weighted by atomic mass is 10.0. The first-order chi connectivity index (χ1) is 9.56. The molecule has 1 N–H and O–H groups in total. The standard InChI is InChI=1S/C17H23ClN2/c1-12(2)5-4-6-13(3)20-16-9-10-19-17-11-14(18)7-8-15(16)17/h7-13H,4-6H2,1-3H3,(H,19,20). The van der Waals surface area contributed by atoms with E-state index < -0.39 is 0 Å². The van der Waals surface area contributed by atoms with E-state index in [4.69, 9.17) is 11.6 Å². The topological polar surface area (TPSA) is 24.9 Å². The number of rotatable bonds is 6. The Labute approximate surface area is 126 Å². The summed E-state index contributed by atoms with van der Waals surface area (Å²) in [5.41, 5.74) is 2.08. The molecule has 0 aliphatic heterocycles. The molecule has 0 fully saturated rings. The second-order valence-electron chi connectivity index (χ2n) is 5.89. The molecular weight excluding hydrogens is 268 g/mol. The number of benzene rings is 1. The van der Waals surface area contributed by atoms with Crippen LogP contribution in [0.1, 0.15) is 40.0 Å². The fourth-order valence-electron chi connectivity index (χ4n) is 2.42. The van der Waals surface area contributed by atoms with Crippen LogP contribution < -0.4 is 5.32 Å². The van der Waals surface area contributed by atoms with Crippen LogP contribution in [0.25, 0.3) is 10.9 Å². The van der Waals surface area contributed by atoms with Crippen molar-refractivity contribution in [1.82, 2.24) is 4.98 Å². The average Bonchev–Trinajstić information content (AvgIpc) is 2.38. The first-order valence-corrected chi connectivity index (χ1v) is 7.75. The Morgan fingerprint density at radius 3 is 2.70 bits per heavy atom. The third-order valence-corrected chi connectivity index (χ3v) is 3.76. The minimum absolute atomic E-state index is 0.468. The maximum atomic E-state index is 6.01. The van der Waals surface area contributed by atoms with Gasteiger partial charge in [-0.3, -0.25) is 4.98 Å². The minimum atomic E-state index is 0.468. The lowest BCUT2D eigenvalue weighted by molar-refractivity contribution is 0.520. The Kier molecular flexibility index (Phi) is 5.24. The highest BCUT2D eigenvalue weighted by Gasteiger charge is 2.07. The van der Waals surface area contributed by atoms with Crippen molar-refractivity contribution in [1.29, 1.82) is 0 Å². The molecule has 20 heavy (non-hydrogen) atoms. The number of anilines is 1. The third-order valence-electron chi connectivity index (χ3n) is 3.53. The fraction of sp³-hybridized carbons (Fsp3) is 0.471. The Bertz CT molecular complexity index is 566. The van der Waals surface area contributed by atoms with Gasteiger partial charge in [-0.25, -0.2) is 0 Å². The molecule has 0 spiro atoms. The minimum Gasteiger partial charge on any atom is -0.382 e. The van der Waals surface area contributed by atoms with Gasteiger partial charge in [0, 0.05) is 28.3 Å². The largest absolute Gasteiger partial charge is 0.382 e. The van der Waals surface area contributed by atoms with Crippen molar-refractivity contribution in [3.05, 3.63) is 35.5 Å². The fourth-order valence-corrected chi connectivity index (χ4v) is 2.58. The van der Waals surface area contributed by atoms with Gasteiger partial charge in [0.05, 0.1) is 5.52 Å². The summed E-state index contributed by atoms with van der Waals surface area (Å²) < 4.78 is 0. The summed E-state index contributed by atoms with van der Waals surface area (Å²) in [5, 5.41) is 5.46. The van der Waals surface area contributed by atoms with Gasteiger partial charge in [0.2, 0.25) is 0 Å². The number of halogens is 1. The lowest BCUT2D eigenvalue weighted by Crippen LogP contribution is -2.15. The Balaban J connectivity index is 2.05. The van der Waals surface area contributed by atoms with Gasteiger partial charge in [0.25, 0.3) is 0 Å². The summed E-state index contributed by atoms with van der Waals surface area (Å²) in [6, 6.07) is 8.37. The van der Waals surface area contributed by atoms with Gasteiger partial charge in [0.1, 0.15) is 0 Å². The Morgan fingerprint density at radius 2 is 1.95 bits per heavy atom. The van der Waals surface area contributed by atoms with Crippen LogP contribution in [0, 0.1) is 5.92 Å². The second kappa shape index (κ2) is 6.94. The summed E-state index contributed by atoms with van der Waals surface area (Å²) >= 11 is 6.01. The molecule has 0 saturated heterocycles. The van der Waals surface area contributed by atoms with Crippen molar-refractivity contribution in [3.8, 4) is 0 Å². The van der Waals surface area contributed by atoms with Gasteiger partial charge in [-0.15, -0.1) is 0 Å². The molecule has 3 heteroatoms. The van der Waals surface area contributed by atoms with Crippen LogP contribution in [0.5, 0.6) is 0 Å². The van der Waals surface area contributed by atoms with Gasteiger partial charge >= 0.3 is 0 Å². The number of hydrogen-bond acceptors (Lipinski definition) is 2. The highest BCUT2D eigenvalue weighted by molar-refractivity contribution is 6.31. The number of pyridine rings is 1. The van der Waals surface area contributed by atoms with Gasteiger partial charge in [-0.1, -0.05) is 38.3 Å². The summed E-state index contributed by atoms with van der Waals surface area (Å²) in [6.45, 7) is 6.79. The van der Waals surface area contributed by atoms with E-state index >= 15 is 0 Å². The summed E-state index contributed by atoms with van der Waals surface area (Å²) in [6.07, 6.45) is 5.58. The maximum Gasteiger partial charge on any atom is 0.0737 e. The lowest BCUT2D eigenvalue weighted by Gasteiger charge is -2.17. The highest BCUT2D eigenvalue weighted by Crippen LogP contribution is 2.25. The predicted molar refractivity (Wildman–Crippen MR) is 88.5 cm³/mol. The first kappa shape index (κ1) is 15.1. The van der Waals surface area contributed by atoms with Crippen molar-refractivity contribution in [2.45, 2.75) is 46.1 Å². The van der Waals surface area contributed by atoms with E-state index in [2.05, 4.69) is 31.1 Å². The van der Waals surface area contributed by atoms with E-state index in [0.717, 1.165) is 27.5 Å². The summed E-state index contributed by atoms with van der Waals surface area (Å²) in [7, 11) is 0. The molecule has 0 aliphatic carbocycles. The average molecular weight is 291 g/mol. The molecule has 0 aliphatic rings. The van der Waals surface area contributed by atoms with Gasteiger partial charge < -0.3 is 5.32 Å². The molecule has 0 radical (unpaired) electrons. The normalized spacial score (nSPS) is 12.8. The zero-order valence-corrected chi connectivity index (χ0v) is 13.2. The SMILES string of the molecule is CC(C)CCCC(C)Nc1ccnc2cc(Cl)ccc12. The van der Waals surface area contributed by atoms with Crippen LogP contribution in [0.3, 0.4) is 0 Å². The van der Waals surface area contributed by atoms with E-state index in [1.54, 1.807) is 0 Å². The third kappa shape index (κ3) is 4.11. The van der Waals surface area contributed by atoms with Gasteiger partial charge in [0.15, 0.2) is 0 Å². The molecule has 108 valence electrons. The van der Waals surface area contributed by atoms with Crippen LogP contribution in [0.4, 0.5) is 5.69 Å². The van der Waals surface area contributed by atoms with Crippen molar-refractivity contribution in [3.63, 3.8) is 0 Å². The molecule has 1 unspecified atom stereocenters. The van der Waals surface area contributed by atoms with E-state index in [1.165, 1.54) is 19.3 Å². The number of nitrogens with one attached hydrogen (secondary N) is 1. The number of fused-ring (bicyclic) bond motifs is 1.